The van der Waals surface area contributed by atoms with Crippen LogP contribution in [0, 0.1) is 13.8 Å². The van der Waals surface area contributed by atoms with E-state index in [1.165, 1.54) is 0 Å². The smallest absolute Gasteiger partial charge is 0.183 e. The number of carbonyl (C=O) groups excluding carboxylic acids is 1. The summed E-state index contributed by atoms with van der Waals surface area (Å²) in [6.45, 7) is 5.34. The zero-order valence-electron chi connectivity index (χ0n) is 13.1. The monoisotopic (exact) mass is 300 g/mol. The Morgan fingerprint density at radius 1 is 1.18 bits per heavy atom. The molecule has 0 spiro atoms. The lowest BCUT2D eigenvalue weighted by Crippen LogP contribution is -2.17. The first-order valence-electron chi connectivity index (χ1n) is 7.36. The van der Waals surface area contributed by atoms with Crippen molar-refractivity contribution in [3.8, 4) is 11.5 Å². The summed E-state index contributed by atoms with van der Waals surface area (Å²) in [6.07, 6.45) is 0. The van der Waals surface area contributed by atoms with Gasteiger partial charge >= 0.3 is 0 Å². The number of carbonyl (C=O) groups is 1. The molecule has 1 aromatic heterocycles. The molecular weight excluding hydrogens is 280 g/mol. The summed E-state index contributed by atoms with van der Waals surface area (Å²) in [4.78, 5) is 12.4. The van der Waals surface area contributed by atoms with Gasteiger partial charge in [0.15, 0.2) is 17.3 Å². The maximum Gasteiger partial charge on any atom is 0.183 e. The van der Waals surface area contributed by atoms with Gasteiger partial charge in [-0.05, 0) is 32.0 Å². The topological polar surface area (TPSA) is 52.5 Å². The third kappa shape index (κ3) is 2.66. The largest absolute Gasteiger partial charge is 0.486 e. The number of fused-ring (bicyclic) bond motifs is 1. The van der Waals surface area contributed by atoms with Crippen molar-refractivity contribution in [2.24, 2.45) is 7.05 Å². The normalized spacial score (nSPS) is 13.0. The molecule has 0 aliphatic carbocycles. The second-order valence-corrected chi connectivity index (χ2v) is 5.48. The molecule has 1 aromatic carbocycles. The molecule has 1 N–H and O–H groups in total. The Balaban J connectivity index is 1.69. The quantitative estimate of drug-likeness (QED) is 0.882. The number of rotatable bonds is 4. The number of Topliss-reactive ketones (excluding diaryl/α,β-unsaturated/α-hetero) is 1. The minimum absolute atomic E-state index is 0.0797. The van der Waals surface area contributed by atoms with E-state index in [1.807, 2.05) is 49.7 Å². The molecule has 5 nitrogen and oxygen atoms in total. The summed E-state index contributed by atoms with van der Waals surface area (Å²) >= 11 is 0. The highest BCUT2D eigenvalue weighted by Gasteiger charge is 2.15. The number of ether oxygens (including phenoxy) is 2. The van der Waals surface area contributed by atoms with Gasteiger partial charge in [-0.3, -0.25) is 4.79 Å². The minimum Gasteiger partial charge on any atom is -0.486 e. The van der Waals surface area contributed by atoms with Crippen LogP contribution >= 0.6 is 0 Å². The number of aromatic nitrogens is 1. The van der Waals surface area contributed by atoms with Crippen molar-refractivity contribution in [2.45, 2.75) is 13.8 Å². The number of ketones is 1. The predicted octanol–water partition coefficient (Wildman–Crippen LogP) is 2.71. The van der Waals surface area contributed by atoms with Crippen LogP contribution in [0.1, 0.15) is 21.7 Å². The molecule has 0 saturated heterocycles. The van der Waals surface area contributed by atoms with Crippen molar-refractivity contribution in [1.29, 1.82) is 0 Å². The van der Waals surface area contributed by atoms with Crippen LogP contribution in [0.4, 0.5) is 5.69 Å². The summed E-state index contributed by atoms with van der Waals surface area (Å²) < 4.78 is 13.0. The van der Waals surface area contributed by atoms with Crippen LogP contribution in [0.2, 0.25) is 0 Å². The van der Waals surface area contributed by atoms with Gasteiger partial charge in [0, 0.05) is 35.8 Å². The van der Waals surface area contributed by atoms with Gasteiger partial charge in [0.05, 0.1) is 6.54 Å². The Morgan fingerprint density at radius 2 is 1.91 bits per heavy atom. The molecule has 0 saturated carbocycles. The fraction of sp³-hybridized carbons (Fsp3) is 0.353. The van der Waals surface area contributed by atoms with Crippen LogP contribution in [0.25, 0.3) is 0 Å². The van der Waals surface area contributed by atoms with E-state index < -0.39 is 0 Å². The van der Waals surface area contributed by atoms with Gasteiger partial charge in [-0.15, -0.1) is 0 Å². The maximum absolute atomic E-state index is 12.4. The van der Waals surface area contributed by atoms with Crippen LogP contribution < -0.4 is 14.8 Å². The number of nitrogens with zero attached hydrogens (tertiary/aromatic N) is 1. The van der Waals surface area contributed by atoms with E-state index in [0.717, 1.165) is 34.1 Å². The lowest BCUT2D eigenvalue weighted by Gasteiger charge is -2.19. The van der Waals surface area contributed by atoms with Crippen molar-refractivity contribution in [2.75, 3.05) is 25.1 Å². The molecule has 0 atom stereocenters. The molecule has 2 heterocycles. The maximum atomic E-state index is 12.4. The molecule has 3 rings (SSSR count). The Morgan fingerprint density at radius 3 is 2.59 bits per heavy atom. The lowest BCUT2D eigenvalue weighted by atomic mass is 10.1. The second-order valence-electron chi connectivity index (χ2n) is 5.48. The first kappa shape index (κ1) is 14.5. The minimum atomic E-state index is 0.0797. The Bertz CT molecular complexity index is 719. The lowest BCUT2D eigenvalue weighted by molar-refractivity contribution is 0.101. The molecule has 116 valence electrons. The van der Waals surface area contributed by atoms with Gasteiger partial charge in [-0.25, -0.2) is 0 Å². The van der Waals surface area contributed by atoms with E-state index in [9.17, 15) is 4.79 Å². The van der Waals surface area contributed by atoms with Gasteiger partial charge in [0.1, 0.15) is 13.2 Å². The summed E-state index contributed by atoms with van der Waals surface area (Å²) in [5.74, 6) is 1.55. The highest BCUT2D eigenvalue weighted by Crippen LogP contribution is 2.32. The Labute approximate surface area is 129 Å². The van der Waals surface area contributed by atoms with E-state index in [0.29, 0.717) is 13.2 Å². The number of anilines is 1. The molecule has 22 heavy (non-hydrogen) atoms. The van der Waals surface area contributed by atoms with E-state index in [4.69, 9.17) is 9.47 Å². The second kappa shape index (κ2) is 5.75. The molecule has 0 radical (unpaired) electrons. The number of hydrogen-bond donors (Lipinski definition) is 1. The first-order chi connectivity index (χ1) is 10.6. The summed E-state index contributed by atoms with van der Waals surface area (Å²) in [6, 6.07) is 7.55. The third-order valence-electron chi connectivity index (χ3n) is 4.07. The Hall–Kier alpha value is -2.43. The van der Waals surface area contributed by atoms with Crippen molar-refractivity contribution in [1.82, 2.24) is 4.57 Å². The van der Waals surface area contributed by atoms with Crippen molar-refractivity contribution >= 4 is 11.5 Å². The van der Waals surface area contributed by atoms with Crippen LogP contribution in [-0.4, -0.2) is 30.1 Å². The van der Waals surface area contributed by atoms with Crippen LogP contribution in [-0.2, 0) is 7.05 Å². The summed E-state index contributed by atoms with van der Waals surface area (Å²) in [5.41, 5.74) is 3.69. The van der Waals surface area contributed by atoms with Gasteiger partial charge in [-0.1, -0.05) is 0 Å². The van der Waals surface area contributed by atoms with Crippen molar-refractivity contribution < 1.29 is 14.3 Å². The number of hydrogen-bond acceptors (Lipinski definition) is 4. The molecule has 5 heteroatoms. The van der Waals surface area contributed by atoms with E-state index in [2.05, 4.69) is 5.32 Å². The Kier molecular flexibility index (Phi) is 3.79. The molecule has 0 fully saturated rings. The molecule has 1 aliphatic heterocycles. The molecule has 0 bridgehead atoms. The van der Waals surface area contributed by atoms with Crippen LogP contribution in [0.3, 0.4) is 0 Å². The summed E-state index contributed by atoms with van der Waals surface area (Å²) in [5, 5.41) is 3.15. The zero-order chi connectivity index (χ0) is 15.7. The van der Waals surface area contributed by atoms with Gasteiger partial charge in [0.2, 0.25) is 0 Å². The molecular formula is C17H20N2O3. The van der Waals surface area contributed by atoms with Crippen molar-refractivity contribution in [3.05, 3.63) is 41.2 Å². The zero-order valence-corrected chi connectivity index (χ0v) is 13.1. The standard InChI is InChI=1S/C17H20N2O3/c1-11-8-14(12(2)19(11)3)15(20)10-18-13-4-5-16-17(9-13)22-7-6-21-16/h4-5,8-9,18H,6-7,10H2,1-3H3. The van der Waals surface area contributed by atoms with Crippen LogP contribution in [0.15, 0.2) is 24.3 Å². The number of benzene rings is 1. The third-order valence-corrected chi connectivity index (χ3v) is 4.07. The SMILES string of the molecule is Cc1cc(C(=O)CNc2ccc3c(c2)OCCO3)c(C)n1C. The van der Waals surface area contributed by atoms with E-state index in [1.54, 1.807) is 0 Å². The van der Waals surface area contributed by atoms with Gasteiger partial charge < -0.3 is 19.4 Å². The highest BCUT2D eigenvalue weighted by atomic mass is 16.6. The van der Waals surface area contributed by atoms with Gasteiger partial charge in [0.25, 0.3) is 0 Å². The summed E-state index contributed by atoms with van der Waals surface area (Å²) in [7, 11) is 1.97. The molecule has 0 amide bonds. The average molecular weight is 300 g/mol. The number of aryl methyl sites for hydroxylation is 1. The molecule has 1 aliphatic rings. The molecule has 0 unspecified atom stereocenters. The van der Waals surface area contributed by atoms with E-state index >= 15 is 0 Å². The highest BCUT2D eigenvalue weighted by molar-refractivity contribution is 6.00. The average Bonchev–Trinajstić information content (AvgIpc) is 2.80. The van der Waals surface area contributed by atoms with Crippen LogP contribution in [0.5, 0.6) is 11.5 Å². The first-order valence-corrected chi connectivity index (χ1v) is 7.36. The van der Waals surface area contributed by atoms with E-state index in [-0.39, 0.29) is 12.3 Å². The molecule has 2 aromatic rings. The fourth-order valence-corrected chi connectivity index (χ4v) is 2.57. The number of nitrogens with one attached hydrogen (secondary N) is 1. The van der Waals surface area contributed by atoms with Crippen molar-refractivity contribution in [3.63, 3.8) is 0 Å². The fourth-order valence-electron chi connectivity index (χ4n) is 2.57. The van der Waals surface area contributed by atoms with Gasteiger partial charge in [-0.2, -0.15) is 0 Å². The predicted molar refractivity (Wildman–Crippen MR) is 85.1 cm³/mol.